The van der Waals surface area contributed by atoms with Crippen molar-refractivity contribution in [2.45, 2.75) is 56.7 Å². The topological polar surface area (TPSA) is 49.8 Å². The Balaban J connectivity index is 0.00000261. The summed E-state index contributed by atoms with van der Waals surface area (Å²) in [5, 5.41) is 11.3. The first-order valence-electron chi connectivity index (χ1n) is 9.78. The van der Waals surface area contributed by atoms with Crippen molar-refractivity contribution >= 4 is 18.4 Å². The number of likely N-dealkylation sites (tertiary alicyclic amines) is 1. The average Bonchev–Trinajstić information content (AvgIpc) is 2.69. The average molecular weight is 392 g/mol. The molecule has 1 aromatic carbocycles. The summed E-state index contributed by atoms with van der Waals surface area (Å²) in [7, 11) is 2.07. The van der Waals surface area contributed by atoms with Gasteiger partial charge in [0.15, 0.2) is 0 Å². The van der Waals surface area contributed by atoms with Crippen molar-refractivity contribution in [3.63, 3.8) is 0 Å². The number of piperidine rings is 1. The van der Waals surface area contributed by atoms with Gasteiger partial charge in [-0.2, -0.15) is 0 Å². The van der Waals surface area contributed by atoms with Crippen molar-refractivity contribution < 1.29 is 14.6 Å². The summed E-state index contributed by atoms with van der Waals surface area (Å²) < 4.78 is 5.73. The number of benzene rings is 1. The molecular formula is C22H30ClNO3. The van der Waals surface area contributed by atoms with Gasteiger partial charge in [-0.05, 0) is 44.9 Å². The van der Waals surface area contributed by atoms with Crippen LogP contribution >= 0.6 is 12.4 Å². The molecule has 0 bridgehead atoms. The highest BCUT2D eigenvalue weighted by molar-refractivity contribution is 5.85. The largest absolute Gasteiger partial charge is 0.459 e. The molecule has 1 aromatic rings. The van der Waals surface area contributed by atoms with Crippen molar-refractivity contribution in [3.8, 4) is 11.8 Å². The molecule has 0 radical (unpaired) electrons. The molecule has 2 aliphatic rings. The minimum absolute atomic E-state index is 0. The van der Waals surface area contributed by atoms with Gasteiger partial charge in [0.2, 0.25) is 5.60 Å². The van der Waals surface area contributed by atoms with Crippen LogP contribution in [-0.2, 0) is 9.53 Å². The van der Waals surface area contributed by atoms with Gasteiger partial charge in [0, 0.05) is 24.6 Å². The summed E-state index contributed by atoms with van der Waals surface area (Å²) in [6.07, 6.45) is 6.37. The van der Waals surface area contributed by atoms with Gasteiger partial charge in [-0.1, -0.05) is 49.3 Å². The Morgan fingerprint density at radius 1 is 1.11 bits per heavy atom. The molecule has 3 rings (SSSR count). The second kappa shape index (κ2) is 10.1. The highest BCUT2D eigenvalue weighted by atomic mass is 35.5. The fourth-order valence-corrected chi connectivity index (χ4v) is 3.87. The van der Waals surface area contributed by atoms with E-state index in [1.807, 2.05) is 30.3 Å². The van der Waals surface area contributed by atoms with E-state index in [0.717, 1.165) is 63.6 Å². The maximum Gasteiger partial charge on any atom is 0.351 e. The molecule has 1 aliphatic heterocycles. The molecular weight excluding hydrogens is 362 g/mol. The highest BCUT2D eigenvalue weighted by Gasteiger charge is 2.45. The summed E-state index contributed by atoms with van der Waals surface area (Å²) in [5.41, 5.74) is -0.909. The Bertz CT molecular complexity index is 655. The second-order valence-electron chi connectivity index (χ2n) is 7.63. The van der Waals surface area contributed by atoms with Crippen LogP contribution in [0.1, 0.15) is 50.5 Å². The van der Waals surface area contributed by atoms with Gasteiger partial charge < -0.3 is 14.7 Å². The van der Waals surface area contributed by atoms with Crippen molar-refractivity contribution in [2.24, 2.45) is 5.92 Å². The molecule has 148 valence electrons. The maximum absolute atomic E-state index is 12.9. The second-order valence-corrected chi connectivity index (χ2v) is 7.63. The first-order chi connectivity index (χ1) is 12.6. The summed E-state index contributed by atoms with van der Waals surface area (Å²) in [6, 6.07) is 9.50. The molecule has 5 heteroatoms. The minimum atomic E-state index is -1.71. The Labute approximate surface area is 168 Å². The number of hydrogen-bond donors (Lipinski definition) is 1. The molecule has 0 amide bonds. The molecule has 1 saturated carbocycles. The summed E-state index contributed by atoms with van der Waals surface area (Å²) >= 11 is 0. The Morgan fingerprint density at radius 2 is 1.74 bits per heavy atom. The molecule has 1 saturated heterocycles. The molecule has 2 fully saturated rings. The molecule has 1 heterocycles. The minimum Gasteiger partial charge on any atom is -0.459 e. The van der Waals surface area contributed by atoms with E-state index in [2.05, 4.69) is 23.8 Å². The van der Waals surface area contributed by atoms with Gasteiger partial charge in [-0.15, -0.1) is 12.4 Å². The summed E-state index contributed by atoms with van der Waals surface area (Å²) in [6.45, 7) is 1.82. The Morgan fingerprint density at radius 3 is 2.37 bits per heavy atom. The molecule has 1 N–H and O–H groups in total. The van der Waals surface area contributed by atoms with E-state index in [1.165, 1.54) is 0 Å². The molecule has 4 nitrogen and oxygen atoms in total. The van der Waals surface area contributed by atoms with Crippen LogP contribution in [0.4, 0.5) is 0 Å². The van der Waals surface area contributed by atoms with E-state index in [4.69, 9.17) is 4.74 Å². The van der Waals surface area contributed by atoms with Crippen LogP contribution in [0.15, 0.2) is 30.3 Å². The van der Waals surface area contributed by atoms with Crippen LogP contribution in [0.2, 0.25) is 0 Å². The molecule has 0 aromatic heterocycles. The number of esters is 1. The number of aliphatic hydroxyl groups is 1. The quantitative estimate of drug-likeness (QED) is 0.633. The van der Waals surface area contributed by atoms with Gasteiger partial charge in [0.1, 0.15) is 6.10 Å². The lowest BCUT2D eigenvalue weighted by molar-refractivity contribution is -0.173. The number of halogens is 1. The zero-order valence-corrected chi connectivity index (χ0v) is 16.8. The normalized spacial score (nSPS) is 21.3. The number of rotatable bonds is 3. The number of hydrogen-bond acceptors (Lipinski definition) is 4. The van der Waals surface area contributed by atoms with Crippen molar-refractivity contribution in [3.05, 3.63) is 35.9 Å². The predicted octanol–water partition coefficient (Wildman–Crippen LogP) is 3.41. The lowest BCUT2D eigenvalue weighted by atomic mass is 9.77. The monoisotopic (exact) mass is 391 g/mol. The Hall–Kier alpha value is -1.54. The van der Waals surface area contributed by atoms with Crippen LogP contribution in [0.3, 0.4) is 0 Å². The highest BCUT2D eigenvalue weighted by Crippen LogP contribution is 2.34. The Kier molecular flexibility index (Phi) is 8.16. The van der Waals surface area contributed by atoms with E-state index in [0.29, 0.717) is 0 Å². The summed E-state index contributed by atoms with van der Waals surface area (Å²) in [5.74, 6) is 5.20. The third-order valence-electron chi connectivity index (χ3n) is 5.62. The number of carbonyl (C=O) groups is 1. The fourth-order valence-electron chi connectivity index (χ4n) is 3.87. The maximum atomic E-state index is 12.9. The summed E-state index contributed by atoms with van der Waals surface area (Å²) in [4.78, 5) is 15.2. The van der Waals surface area contributed by atoms with E-state index < -0.39 is 11.6 Å². The third-order valence-corrected chi connectivity index (χ3v) is 5.62. The van der Waals surface area contributed by atoms with Gasteiger partial charge in [0.05, 0.1) is 0 Å². The van der Waals surface area contributed by atoms with E-state index >= 15 is 0 Å². The number of ether oxygens (including phenoxy) is 1. The van der Waals surface area contributed by atoms with E-state index in [1.54, 1.807) is 0 Å². The van der Waals surface area contributed by atoms with Gasteiger partial charge in [0.25, 0.3) is 0 Å². The van der Waals surface area contributed by atoms with Crippen LogP contribution in [0.25, 0.3) is 0 Å². The van der Waals surface area contributed by atoms with Gasteiger partial charge in [-0.25, -0.2) is 4.79 Å². The van der Waals surface area contributed by atoms with Crippen LogP contribution in [-0.4, -0.2) is 47.8 Å². The van der Waals surface area contributed by atoms with Crippen molar-refractivity contribution in [2.75, 3.05) is 20.1 Å². The molecule has 1 unspecified atom stereocenters. The first-order valence-corrected chi connectivity index (χ1v) is 9.78. The van der Waals surface area contributed by atoms with E-state index in [9.17, 15) is 9.90 Å². The first kappa shape index (κ1) is 21.8. The van der Waals surface area contributed by atoms with Gasteiger partial charge in [-0.3, -0.25) is 0 Å². The molecule has 0 spiro atoms. The lowest BCUT2D eigenvalue weighted by Gasteiger charge is -2.35. The number of carbonyl (C=O) groups excluding carboxylic acids is 1. The standard InChI is InChI=1S/C22H29NO3.ClH/c1-23-16-13-20(14-17-23)26-21(24)22(25,19-10-6-3-7-11-19)15-12-18-8-4-2-5-9-18;/h2,4-5,8-9,19-20,25H,3,6-7,10-11,13-14,16-17H2,1H3;1H. The van der Waals surface area contributed by atoms with Crippen LogP contribution < -0.4 is 0 Å². The molecule has 27 heavy (non-hydrogen) atoms. The third kappa shape index (κ3) is 5.72. The lowest BCUT2D eigenvalue weighted by Crippen LogP contribution is -2.49. The van der Waals surface area contributed by atoms with Crippen molar-refractivity contribution in [1.82, 2.24) is 4.90 Å². The van der Waals surface area contributed by atoms with Crippen molar-refractivity contribution in [1.29, 1.82) is 0 Å². The van der Waals surface area contributed by atoms with Crippen LogP contribution in [0.5, 0.6) is 0 Å². The fraction of sp³-hybridized carbons (Fsp3) is 0.591. The molecule has 1 aliphatic carbocycles. The smallest absolute Gasteiger partial charge is 0.351 e. The van der Waals surface area contributed by atoms with Gasteiger partial charge >= 0.3 is 5.97 Å². The van der Waals surface area contributed by atoms with Crippen LogP contribution in [0, 0.1) is 17.8 Å². The predicted molar refractivity (Wildman–Crippen MR) is 109 cm³/mol. The zero-order valence-electron chi connectivity index (χ0n) is 16.0. The molecule has 1 atom stereocenters. The number of nitrogens with zero attached hydrogens (tertiary/aromatic N) is 1. The SMILES string of the molecule is CN1CCC(OC(=O)C(O)(C#Cc2ccccc2)C2CCCCC2)CC1.Cl. The zero-order chi connectivity index (χ0) is 18.4. The van der Waals surface area contributed by atoms with E-state index in [-0.39, 0.29) is 24.4 Å².